The van der Waals surface area contributed by atoms with Crippen molar-refractivity contribution in [2.45, 2.75) is 13.3 Å². The van der Waals surface area contributed by atoms with Crippen LogP contribution in [0.1, 0.15) is 22.4 Å². The molecule has 31 heavy (non-hydrogen) atoms. The smallest absolute Gasteiger partial charge is 0.0991 e. The van der Waals surface area contributed by atoms with Crippen molar-refractivity contribution in [3.8, 4) is 50.6 Å². The Morgan fingerprint density at radius 3 is 2.42 bits per heavy atom. The zero-order chi connectivity index (χ0) is 21.6. The van der Waals surface area contributed by atoms with Gasteiger partial charge in [0.15, 0.2) is 0 Å². The summed E-state index contributed by atoms with van der Waals surface area (Å²) < 4.78 is 0. The fourth-order valence-corrected chi connectivity index (χ4v) is 4.66. The zero-order valence-corrected chi connectivity index (χ0v) is 17.9. The summed E-state index contributed by atoms with van der Waals surface area (Å²) in [4.78, 5) is 6.23. The molecule has 0 saturated heterocycles. The van der Waals surface area contributed by atoms with Gasteiger partial charge in [-0.05, 0) is 47.9 Å². The molecule has 4 rings (SSSR count). The van der Waals surface area contributed by atoms with Gasteiger partial charge in [-0.15, -0.1) is 11.3 Å². The number of aliphatic hydroxyl groups is 1. The maximum atomic E-state index is 9.44. The van der Waals surface area contributed by atoms with Crippen molar-refractivity contribution in [3.63, 3.8) is 0 Å². The van der Waals surface area contributed by atoms with Crippen LogP contribution in [0.5, 0.6) is 0 Å². The molecule has 0 atom stereocenters. The van der Waals surface area contributed by atoms with Crippen LogP contribution < -0.4 is 0 Å². The first kappa shape index (κ1) is 20.6. The van der Waals surface area contributed by atoms with Crippen molar-refractivity contribution >= 4 is 11.3 Å². The van der Waals surface area contributed by atoms with Gasteiger partial charge in [0.05, 0.1) is 23.1 Å². The molecule has 0 fully saturated rings. The van der Waals surface area contributed by atoms with Crippen LogP contribution in [0.3, 0.4) is 0 Å². The Morgan fingerprint density at radius 2 is 1.71 bits per heavy atom. The van der Waals surface area contributed by atoms with Crippen LogP contribution in [-0.4, -0.2) is 16.7 Å². The summed E-state index contributed by atoms with van der Waals surface area (Å²) in [6.07, 6.45) is 4.00. The van der Waals surface area contributed by atoms with Crippen molar-refractivity contribution < 1.29 is 5.11 Å². The topological polar surface area (TPSA) is 56.9 Å². The highest BCUT2D eigenvalue weighted by molar-refractivity contribution is 7.17. The molecule has 0 aliphatic carbocycles. The van der Waals surface area contributed by atoms with Crippen molar-refractivity contribution in [1.29, 1.82) is 5.26 Å². The highest BCUT2D eigenvalue weighted by Gasteiger charge is 2.21. The van der Waals surface area contributed by atoms with Crippen LogP contribution in [0.2, 0.25) is 0 Å². The molecule has 0 unspecified atom stereocenters. The Morgan fingerprint density at radius 1 is 0.935 bits per heavy atom. The van der Waals surface area contributed by atoms with Gasteiger partial charge in [0.1, 0.15) is 0 Å². The van der Waals surface area contributed by atoms with Crippen LogP contribution in [0, 0.1) is 30.1 Å². The van der Waals surface area contributed by atoms with E-state index in [0.717, 1.165) is 37.6 Å². The Kier molecular flexibility index (Phi) is 6.24. The second-order valence-corrected chi connectivity index (χ2v) is 8.10. The van der Waals surface area contributed by atoms with Gasteiger partial charge >= 0.3 is 0 Å². The molecule has 0 aliphatic rings. The fraction of sp³-hybridized carbons (Fsp3) is 0.111. The normalized spacial score (nSPS) is 10.2. The molecule has 2 aromatic heterocycles. The predicted molar refractivity (Wildman–Crippen MR) is 126 cm³/mol. The van der Waals surface area contributed by atoms with Gasteiger partial charge < -0.3 is 5.11 Å². The van der Waals surface area contributed by atoms with E-state index in [1.807, 2.05) is 30.3 Å². The van der Waals surface area contributed by atoms with E-state index in [1.54, 1.807) is 29.8 Å². The first-order valence-corrected chi connectivity index (χ1v) is 10.8. The summed E-state index contributed by atoms with van der Waals surface area (Å²) in [5.74, 6) is 6.35. The number of nitrogens with zero attached hydrogens (tertiary/aromatic N) is 2. The molecule has 0 aliphatic heterocycles. The number of hydrogen-bond acceptors (Lipinski definition) is 4. The molecular formula is C27H20N2OS. The lowest BCUT2D eigenvalue weighted by molar-refractivity contribution is 0.305. The van der Waals surface area contributed by atoms with E-state index < -0.39 is 0 Å². The molecule has 4 aromatic rings. The minimum atomic E-state index is 0.0274. The molecule has 0 saturated carbocycles. The largest absolute Gasteiger partial charge is 0.395 e. The average molecular weight is 421 g/mol. The van der Waals surface area contributed by atoms with Crippen molar-refractivity contribution in [1.82, 2.24) is 4.98 Å². The Balaban J connectivity index is 2.05. The van der Waals surface area contributed by atoms with Crippen LogP contribution in [-0.2, 0) is 0 Å². The third kappa shape index (κ3) is 4.42. The van der Waals surface area contributed by atoms with Crippen molar-refractivity contribution in [2.75, 3.05) is 6.61 Å². The monoisotopic (exact) mass is 420 g/mol. The Hall–Kier alpha value is -3.70. The number of aryl methyl sites for hydroxylation is 1. The molecule has 2 heterocycles. The Bertz CT molecular complexity index is 1300. The van der Waals surface area contributed by atoms with Crippen molar-refractivity contribution in [2.24, 2.45) is 0 Å². The van der Waals surface area contributed by atoms with Gasteiger partial charge in [-0.1, -0.05) is 53.8 Å². The van der Waals surface area contributed by atoms with Gasteiger partial charge in [-0.2, -0.15) is 5.26 Å². The van der Waals surface area contributed by atoms with Crippen LogP contribution in [0.25, 0.3) is 32.7 Å². The van der Waals surface area contributed by atoms with E-state index in [0.29, 0.717) is 12.0 Å². The number of pyridine rings is 1. The minimum absolute atomic E-state index is 0.0274. The van der Waals surface area contributed by atoms with Crippen molar-refractivity contribution in [3.05, 3.63) is 89.1 Å². The number of aromatic nitrogens is 1. The van der Waals surface area contributed by atoms with E-state index in [4.69, 9.17) is 0 Å². The summed E-state index contributed by atoms with van der Waals surface area (Å²) >= 11 is 1.64. The molecule has 0 spiro atoms. The van der Waals surface area contributed by atoms with Gasteiger partial charge in [-0.25, -0.2) is 0 Å². The maximum Gasteiger partial charge on any atom is 0.0991 e. The first-order chi connectivity index (χ1) is 15.2. The van der Waals surface area contributed by atoms with Crippen LogP contribution >= 0.6 is 11.3 Å². The average Bonchev–Trinajstić information content (AvgIpc) is 3.20. The second kappa shape index (κ2) is 9.41. The lowest BCUT2D eigenvalue weighted by atomic mass is 9.92. The lowest BCUT2D eigenvalue weighted by Crippen LogP contribution is -1.87. The number of rotatable bonds is 4. The minimum Gasteiger partial charge on any atom is -0.395 e. The Labute approximate surface area is 186 Å². The zero-order valence-electron chi connectivity index (χ0n) is 17.1. The molecule has 0 amide bonds. The van der Waals surface area contributed by atoms with Crippen LogP contribution in [0.4, 0.5) is 0 Å². The van der Waals surface area contributed by atoms with E-state index in [2.05, 4.69) is 54.1 Å². The molecule has 1 N–H and O–H groups in total. The number of nitriles is 1. The van der Waals surface area contributed by atoms with Gasteiger partial charge in [-0.3, -0.25) is 4.98 Å². The summed E-state index contributed by atoms with van der Waals surface area (Å²) in [6, 6.07) is 22.4. The first-order valence-electron chi connectivity index (χ1n) is 9.95. The van der Waals surface area contributed by atoms with E-state index in [-0.39, 0.29) is 6.61 Å². The van der Waals surface area contributed by atoms with Gasteiger partial charge in [0, 0.05) is 34.8 Å². The van der Waals surface area contributed by atoms with Crippen LogP contribution in [0.15, 0.2) is 73.1 Å². The predicted octanol–water partition coefficient (Wildman–Crippen LogP) is 6.06. The standard InChI is InChI=1S/C27H20N2OS/c1-19-8-10-22(11-9-19)27-26(21-12-14-29-15-13-21)25(24(31-27)7-2-3-16-30)23-6-4-5-20(17-23)18-28/h4-6,8-15,17,30H,3,16H2,1H3. The van der Waals surface area contributed by atoms with Gasteiger partial charge in [0.25, 0.3) is 0 Å². The maximum absolute atomic E-state index is 9.44. The fourth-order valence-electron chi connectivity index (χ4n) is 3.44. The summed E-state index contributed by atoms with van der Waals surface area (Å²) in [5.41, 5.74) is 7.03. The summed E-state index contributed by atoms with van der Waals surface area (Å²) in [7, 11) is 0. The number of benzene rings is 2. The highest BCUT2D eigenvalue weighted by atomic mass is 32.1. The van der Waals surface area contributed by atoms with E-state index >= 15 is 0 Å². The molecule has 0 bridgehead atoms. The lowest BCUT2D eigenvalue weighted by Gasteiger charge is -2.10. The SMILES string of the molecule is Cc1ccc(-c2sc(C#CCCO)c(-c3cccc(C#N)c3)c2-c2ccncc2)cc1. The molecule has 4 heteroatoms. The summed E-state index contributed by atoms with van der Waals surface area (Å²) in [6.45, 7) is 2.10. The molecule has 0 radical (unpaired) electrons. The van der Waals surface area contributed by atoms with E-state index in [1.165, 1.54) is 5.56 Å². The quantitative estimate of drug-likeness (QED) is 0.408. The molecule has 2 aromatic carbocycles. The van der Waals surface area contributed by atoms with Gasteiger partial charge in [0.2, 0.25) is 0 Å². The third-order valence-electron chi connectivity index (χ3n) is 4.91. The van der Waals surface area contributed by atoms with E-state index in [9.17, 15) is 10.4 Å². The molecule has 3 nitrogen and oxygen atoms in total. The number of hydrogen-bond donors (Lipinski definition) is 1. The molecule has 150 valence electrons. The third-order valence-corrected chi connectivity index (χ3v) is 6.06. The number of aliphatic hydroxyl groups excluding tert-OH is 1. The summed E-state index contributed by atoms with van der Waals surface area (Å²) in [5, 5.41) is 18.6. The highest BCUT2D eigenvalue weighted by Crippen LogP contribution is 2.47. The number of thiophene rings is 1. The molecular weight excluding hydrogens is 400 g/mol. The second-order valence-electron chi connectivity index (χ2n) is 7.08.